The zero-order valence-corrected chi connectivity index (χ0v) is 9.47. The summed E-state index contributed by atoms with van der Waals surface area (Å²) in [5.74, 6) is 0.350. The van der Waals surface area contributed by atoms with Crippen LogP contribution in [0, 0.1) is 0 Å². The SMILES string of the molecule is Nc1ncnc2nn(C3CC(O)C(CO)O3)cc12. The molecule has 0 bridgehead atoms. The number of fused-ring (bicyclic) bond motifs is 1. The van der Waals surface area contributed by atoms with Gasteiger partial charge in [0.25, 0.3) is 0 Å². The first kappa shape index (κ1) is 11.3. The Labute approximate surface area is 102 Å². The summed E-state index contributed by atoms with van der Waals surface area (Å²) in [6.07, 6.45) is 1.69. The average molecular weight is 251 g/mol. The number of anilines is 1. The van der Waals surface area contributed by atoms with E-state index in [9.17, 15) is 5.11 Å². The maximum atomic E-state index is 9.67. The van der Waals surface area contributed by atoms with Gasteiger partial charge >= 0.3 is 0 Å². The Morgan fingerprint density at radius 3 is 3.00 bits per heavy atom. The van der Waals surface area contributed by atoms with Crippen molar-refractivity contribution in [1.82, 2.24) is 19.7 Å². The Balaban J connectivity index is 1.94. The van der Waals surface area contributed by atoms with Gasteiger partial charge in [-0.3, -0.25) is 0 Å². The Morgan fingerprint density at radius 1 is 1.50 bits per heavy atom. The monoisotopic (exact) mass is 251 g/mol. The molecule has 0 saturated carbocycles. The summed E-state index contributed by atoms with van der Waals surface area (Å²) in [4.78, 5) is 7.88. The van der Waals surface area contributed by atoms with Crippen molar-refractivity contribution in [2.24, 2.45) is 0 Å². The average Bonchev–Trinajstić information content (AvgIpc) is 2.93. The topological polar surface area (TPSA) is 119 Å². The Kier molecular flexibility index (Phi) is 2.62. The van der Waals surface area contributed by atoms with Gasteiger partial charge in [-0.25, -0.2) is 14.6 Å². The first-order chi connectivity index (χ1) is 8.69. The molecule has 3 unspecified atom stereocenters. The zero-order valence-electron chi connectivity index (χ0n) is 9.47. The highest BCUT2D eigenvalue weighted by Gasteiger charge is 2.35. The van der Waals surface area contributed by atoms with Crippen LogP contribution in [0.15, 0.2) is 12.5 Å². The number of aromatic nitrogens is 4. The van der Waals surface area contributed by atoms with Crippen LogP contribution in [0.1, 0.15) is 12.6 Å². The van der Waals surface area contributed by atoms with Gasteiger partial charge in [-0.1, -0.05) is 0 Å². The first-order valence-electron chi connectivity index (χ1n) is 5.58. The van der Waals surface area contributed by atoms with Crippen LogP contribution in [-0.4, -0.2) is 48.8 Å². The third-order valence-corrected chi connectivity index (χ3v) is 3.04. The molecule has 1 saturated heterocycles. The maximum absolute atomic E-state index is 9.67. The molecular weight excluding hydrogens is 238 g/mol. The molecule has 3 atom stereocenters. The molecule has 2 aromatic heterocycles. The van der Waals surface area contributed by atoms with Gasteiger partial charge in [0.05, 0.1) is 18.1 Å². The molecule has 96 valence electrons. The summed E-state index contributed by atoms with van der Waals surface area (Å²) < 4.78 is 7.04. The van der Waals surface area contributed by atoms with E-state index in [1.165, 1.54) is 6.33 Å². The van der Waals surface area contributed by atoms with Gasteiger partial charge in [-0.05, 0) is 0 Å². The van der Waals surface area contributed by atoms with E-state index in [-0.39, 0.29) is 6.61 Å². The lowest BCUT2D eigenvalue weighted by molar-refractivity contribution is -0.0482. The summed E-state index contributed by atoms with van der Waals surface area (Å²) in [6.45, 7) is -0.222. The largest absolute Gasteiger partial charge is 0.394 e. The van der Waals surface area contributed by atoms with Gasteiger partial charge in [-0.2, -0.15) is 0 Å². The van der Waals surface area contributed by atoms with Crippen LogP contribution in [0.5, 0.6) is 0 Å². The molecule has 3 heterocycles. The maximum Gasteiger partial charge on any atom is 0.186 e. The lowest BCUT2D eigenvalue weighted by Gasteiger charge is -2.11. The predicted octanol–water partition coefficient (Wildman–Crippen LogP) is -0.951. The number of ether oxygens (including phenoxy) is 1. The minimum Gasteiger partial charge on any atom is -0.394 e. The van der Waals surface area contributed by atoms with Crippen LogP contribution in [0.3, 0.4) is 0 Å². The molecule has 18 heavy (non-hydrogen) atoms. The predicted molar refractivity (Wildman–Crippen MR) is 61.4 cm³/mol. The third kappa shape index (κ3) is 1.70. The van der Waals surface area contributed by atoms with E-state index in [2.05, 4.69) is 15.1 Å². The number of aliphatic hydroxyl groups excluding tert-OH is 2. The van der Waals surface area contributed by atoms with E-state index >= 15 is 0 Å². The quantitative estimate of drug-likeness (QED) is 0.629. The normalized spacial score (nSPS) is 28.0. The highest BCUT2D eigenvalue weighted by atomic mass is 16.5. The van der Waals surface area contributed by atoms with Crippen molar-refractivity contribution in [3.63, 3.8) is 0 Å². The molecule has 2 aromatic rings. The summed E-state index contributed by atoms with van der Waals surface area (Å²) in [6, 6.07) is 0. The van der Waals surface area contributed by atoms with Gasteiger partial charge in [-0.15, -0.1) is 5.10 Å². The Bertz CT molecular complexity index is 572. The number of hydrogen-bond donors (Lipinski definition) is 3. The highest BCUT2D eigenvalue weighted by molar-refractivity contribution is 5.84. The van der Waals surface area contributed by atoms with Crippen LogP contribution in [0.2, 0.25) is 0 Å². The van der Waals surface area contributed by atoms with Crippen molar-refractivity contribution in [1.29, 1.82) is 0 Å². The number of nitrogens with zero attached hydrogens (tertiary/aromatic N) is 4. The lowest BCUT2D eigenvalue weighted by atomic mass is 10.2. The molecular formula is C10H13N5O3. The molecule has 1 fully saturated rings. The Morgan fingerprint density at radius 2 is 2.33 bits per heavy atom. The molecule has 0 radical (unpaired) electrons. The van der Waals surface area contributed by atoms with Gasteiger partial charge in [0, 0.05) is 12.6 Å². The molecule has 1 aliphatic rings. The van der Waals surface area contributed by atoms with E-state index < -0.39 is 18.4 Å². The van der Waals surface area contributed by atoms with E-state index in [4.69, 9.17) is 15.6 Å². The standard InChI is InChI=1S/C10H13N5O3/c11-9-5-2-15(14-10(5)13-4-12-9)8-1-6(17)7(3-16)18-8/h2,4,6-8,16-17H,1,3H2,(H2,11,12,13,14). The third-order valence-electron chi connectivity index (χ3n) is 3.04. The second-order valence-corrected chi connectivity index (χ2v) is 4.22. The fourth-order valence-electron chi connectivity index (χ4n) is 2.06. The van der Waals surface area contributed by atoms with Crippen LogP contribution in [0.4, 0.5) is 5.82 Å². The van der Waals surface area contributed by atoms with E-state index in [1.54, 1.807) is 10.9 Å². The molecule has 1 aliphatic heterocycles. The summed E-state index contributed by atoms with van der Waals surface area (Å²) in [5, 5.41) is 23.6. The van der Waals surface area contributed by atoms with Crippen LogP contribution >= 0.6 is 0 Å². The summed E-state index contributed by atoms with van der Waals surface area (Å²) >= 11 is 0. The number of nitrogen functional groups attached to an aromatic ring is 1. The number of hydrogen-bond acceptors (Lipinski definition) is 7. The van der Waals surface area contributed by atoms with Crippen molar-refractivity contribution in [2.45, 2.75) is 24.9 Å². The molecule has 8 heteroatoms. The van der Waals surface area contributed by atoms with Crippen molar-refractivity contribution < 1.29 is 14.9 Å². The Hall–Kier alpha value is -1.77. The van der Waals surface area contributed by atoms with Crippen molar-refractivity contribution in [2.75, 3.05) is 12.3 Å². The van der Waals surface area contributed by atoms with Crippen LogP contribution < -0.4 is 5.73 Å². The number of rotatable bonds is 2. The highest BCUT2D eigenvalue weighted by Crippen LogP contribution is 2.29. The van der Waals surface area contributed by atoms with Gasteiger partial charge in [0.15, 0.2) is 11.9 Å². The first-order valence-corrected chi connectivity index (χ1v) is 5.58. The van der Waals surface area contributed by atoms with Crippen molar-refractivity contribution >= 4 is 16.9 Å². The zero-order chi connectivity index (χ0) is 12.7. The van der Waals surface area contributed by atoms with E-state index in [0.29, 0.717) is 23.3 Å². The molecule has 3 rings (SSSR count). The van der Waals surface area contributed by atoms with E-state index in [1.807, 2.05) is 0 Å². The smallest absolute Gasteiger partial charge is 0.186 e. The lowest BCUT2D eigenvalue weighted by Crippen LogP contribution is -2.24. The van der Waals surface area contributed by atoms with Crippen LogP contribution in [-0.2, 0) is 4.74 Å². The molecule has 0 aliphatic carbocycles. The van der Waals surface area contributed by atoms with E-state index in [0.717, 1.165) is 0 Å². The van der Waals surface area contributed by atoms with Crippen molar-refractivity contribution in [3.8, 4) is 0 Å². The number of aliphatic hydroxyl groups is 2. The minimum atomic E-state index is -0.698. The van der Waals surface area contributed by atoms with Gasteiger partial charge in [0.2, 0.25) is 0 Å². The number of nitrogens with two attached hydrogens (primary N) is 1. The summed E-state index contributed by atoms with van der Waals surface area (Å²) in [7, 11) is 0. The molecule has 4 N–H and O–H groups in total. The second kappa shape index (κ2) is 4.16. The van der Waals surface area contributed by atoms with Crippen LogP contribution in [0.25, 0.3) is 11.0 Å². The van der Waals surface area contributed by atoms with Gasteiger partial charge in [0.1, 0.15) is 18.2 Å². The fraction of sp³-hybridized carbons (Fsp3) is 0.500. The summed E-state index contributed by atoms with van der Waals surface area (Å²) in [5.41, 5.74) is 6.19. The van der Waals surface area contributed by atoms with Crippen molar-refractivity contribution in [3.05, 3.63) is 12.5 Å². The second-order valence-electron chi connectivity index (χ2n) is 4.22. The molecule has 0 aromatic carbocycles. The molecule has 8 nitrogen and oxygen atoms in total. The molecule has 0 spiro atoms. The molecule has 0 amide bonds. The van der Waals surface area contributed by atoms with Gasteiger partial charge < -0.3 is 20.7 Å². The minimum absolute atomic E-state index is 0.222. The fourth-order valence-corrected chi connectivity index (χ4v) is 2.06.